The summed E-state index contributed by atoms with van der Waals surface area (Å²) in [7, 11) is 0. The third-order valence-electron chi connectivity index (χ3n) is 9.45. The highest BCUT2D eigenvalue weighted by molar-refractivity contribution is 8.02. The van der Waals surface area contributed by atoms with Crippen molar-refractivity contribution in [1.82, 2.24) is 14.7 Å². The van der Waals surface area contributed by atoms with Gasteiger partial charge in [-0.15, -0.1) is 11.8 Å². The first kappa shape index (κ1) is 30.2. The fourth-order valence-corrected chi connectivity index (χ4v) is 9.62. The van der Waals surface area contributed by atoms with Crippen molar-refractivity contribution in [2.75, 3.05) is 77.1 Å². The number of amides is 3. The van der Waals surface area contributed by atoms with E-state index in [9.17, 15) is 19.5 Å². The molecule has 1 aromatic rings. The molecule has 1 spiro atoms. The lowest BCUT2D eigenvalue weighted by Gasteiger charge is -2.37. The number of rotatable bonds is 9. The Hall–Kier alpha value is -2.86. The van der Waals surface area contributed by atoms with Gasteiger partial charge in [0, 0.05) is 62.9 Å². The number of anilines is 1. The molecule has 3 fully saturated rings. The van der Waals surface area contributed by atoms with Gasteiger partial charge in [0.1, 0.15) is 11.8 Å². The first-order valence-electron chi connectivity index (χ1n) is 15.4. The summed E-state index contributed by atoms with van der Waals surface area (Å²) >= 11 is 1.59. The molecule has 5 heterocycles. The Balaban J connectivity index is 1.34. The zero-order valence-electron chi connectivity index (χ0n) is 25.0. The molecule has 0 aliphatic carbocycles. The smallest absolute Gasteiger partial charge is 0.247 e. The fraction of sp³-hybridized carbons (Fsp3) is 0.594. The van der Waals surface area contributed by atoms with Crippen LogP contribution in [0.4, 0.5) is 5.69 Å². The molecule has 232 valence electrons. The number of carbonyl (C=O) groups excluding carboxylic acids is 3. The maximum atomic E-state index is 14.5. The van der Waals surface area contributed by atoms with Crippen LogP contribution >= 0.6 is 11.8 Å². The van der Waals surface area contributed by atoms with Crippen LogP contribution in [0.2, 0.25) is 0 Å². The summed E-state index contributed by atoms with van der Waals surface area (Å²) in [5, 5.41) is 9.69. The monoisotopic (exact) mass is 610 g/mol. The molecule has 0 bridgehead atoms. The molecule has 10 nitrogen and oxygen atoms in total. The predicted octanol–water partition coefficient (Wildman–Crippen LogP) is 1.79. The molecule has 1 unspecified atom stereocenters. The predicted molar refractivity (Wildman–Crippen MR) is 165 cm³/mol. The van der Waals surface area contributed by atoms with E-state index in [0.29, 0.717) is 45.9 Å². The number of carbonyl (C=O) groups is 3. The second-order valence-electron chi connectivity index (χ2n) is 12.0. The SMILES string of the molecule is CCOc1ccc(N2CC=C[C@@]3(C)S[C@]45C=CCN(CCN6CCOCC6)C(=O)C4N(CCCO)C(=O)[C@@H]5[C@H]3C2=O)cc1. The zero-order valence-corrected chi connectivity index (χ0v) is 25.8. The van der Waals surface area contributed by atoms with E-state index in [1.165, 1.54) is 0 Å². The van der Waals surface area contributed by atoms with Crippen LogP contribution in [0.1, 0.15) is 20.3 Å². The van der Waals surface area contributed by atoms with Crippen LogP contribution in [0.3, 0.4) is 0 Å². The summed E-state index contributed by atoms with van der Waals surface area (Å²) in [6.45, 7) is 9.91. The van der Waals surface area contributed by atoms with Crippen molar-refractivity contribution in [3.05, 3.63) is 48.6 Å². The van der Waals surface area contributed by atoms with Crippen molar-refractivity contribution < 1.29 is 29.0 Å². The van der Waals surface area contributed by atoms with E-state index >= 15 is 0 Å². The molecule has 1 N–H and O–H groups in total. The molecular formula is C32H42N4O6S. The van der Waals surface area contributed by atoms with Gasteiger partial charge >= 0.3 is 0 Å². The van der Waals surface area contributed by atoms with Gasteiger partial charge < -0.3 is 29.3 Å². The Kier molecular flexibility index (Phi) is 8.61. The third kappa shape index (κ3) is 5.28. The molecule has 3 saturated heterocycles. The molecule has 6 rings (SSSR count). The van der Waals surface area contributed by atoms with Crippen LogP contribution in [0.5, 0.6) is 5.75 Å². The highest BCUT2D eigenvalue weighted by Crippen LogP contribution is 2.65. The molecule has 5 atom stereocenters. The van der Waals surface area contributed by atoms with Crippen molar-refractivity contribution in [3.63, 3.8) is 0 Å². The van der Waals surface area contributed by atoms with Crippen LogP contribution in [0.25, 0.3) is 0 Å². The van der Waals surface area contributed by atoms with E-state index in [1.54, 1.807) is 21.6 Å². The van der Waals surface area contributed by atoms with E-state index in [1.807, 2.05) is 55.2 Å². The fourth-order valence-electron chi connectivity index (χ4n) is 7.46. The second-order valence-corrected chi connectivity index (χ2v) is 13.8. The van der Waals surface area contributed by atoms with Crippen molar-refractivity contribution in [3.8, 4) is 5.75 Å². The van der Waals surface area contributed by atoms with Crippen LogP contribution in [-0.2, 0) is 19.1 Å². The quantitative estimate of drug-likeness (QED) is 0.423. The number of nitrogens with zero attached hydrogens (tertiary/aromatic N) is 4. The minimum Gasteiger partial charge on any atom is -0.494 e. The Morgan fingerprint density at radius 3 is 2.42 bits per heavy atom. The second kappa shape index (κ2) is 12.3. The number of hydrogen-bond acceptors (Lipinski definition) is 8. The lowest BCUT2D eigenvalue weighted by molar-refractivity contribution is -0.143. The van der Waals surface area contributed by atoms with Gasteiger partial charge in [-0.05, 0) is 44.5 Å². The van der Waals surface area contributed by atoms with E-state index in [4.69, 9.17) is 9.47 Å². The van der Waals surface area contributed by atoms with Crippen LogP contribution in [0.15, 0.2) is 48.6 Å². The molecule has 43 heavy (non-hydrogen) atoms. The summed E-state index contributed by atoms with van der Waals surface area (Å²) in [4.78, 5) is 51.0. The first-order valence-corrected chi connectivity index (χ1v) is 16.2. The van der Waals surface area contributed by atoms with Gasteiger partial charge in [-0.25, -0.2) is 0 Å². The number of aliphatic hydroxyl groups excluding tert-OH is 1. The number of fused-ring (bicyclic) bond motifs is 2. The first-order chi connectivity index (χ1) is 20.8. The molecular weight excluding hydrogens is 568 g/mol. The third-order valence-corrected chi connectivity index (χ3v) is 11.2. The highest BCUT2D eigenvalue weighted by Gasteiger charge is 2.73. The number of hydrogen-bond donors (Lipinski definition) is 1. The van der Waals surface area contributed by atoms with E-state index in [2.05, 4.69) is 17.1 Å². The van der Waals surface area contributed by atoms with Crippen molar-refractivity contribution in [2.45, 2.75) is 35.8 Å². The summed E-state index contributed by atoms with van der Waals surface area (Å²) in [6, 6.07) is 6.73. The van der Waals surface area contributed by atoms with Gasteiger partial charge in [0.25, 0.3) is 0 Å². The average molecular weight is 611 g/mol. The summed E-state index contributed by atoms with van der Waals surface area (Å²) < 4.78 is 9.52. The molecule has 1 aromatic carbocycles. The minimum atomic E-state index is -0.890. The lowest BCUT2D eigenvalue weighted by atomic mass is 9.74. The summed E-state index contributed by atoms with van der Waals surface area (Å²) in [5.41, 5.74) is 0.745. The summed E-state index contributed by atoms with van der Waals surface area (Å²) in [5.74, 6) is -1.00. The molecule has 0 saturated carbocycles. The number of likely N-dealkylation sites (tertiary alicyclic amines) is 1. The van der Waals surface area contributed by atoms with Crippen molar-refractivity contribution >= 4 is 35.2 Å². The minimum absolute atomic E-state index is 0.0829. The van der Waals surface area contributed by atoms with Gasteiger partial charge in [0.15, 0.2) is 0 Å². The Bertz CT molecular complexity index is 1280. The molecule has 5 aliphatic heterocycles. The van der Waals surface area contributed by atoms with E-state index in [-0.39, 0.29) is 30.9 Å². The molecule has 0 aromatic heterocycles. The number of morpholine rings is 1. The zero-order chi connectivity index (χ0) is 30.2. The number of benzene rings is 1. The van der Waals surface area contributed by atoms with Gasteiger partial charge in [-0.1, -0.05) is 24.3 Å². The van der Waals surface area contributed by atoms with Crippen LogP contribution in [-0.4, -0.2) is 125 Å². The maximum absolute atomic E-state index is 14.5. The molecule has 5 aliphatic rings. The lowest BCUT2D eigenvalue weighted by Crippen LogP contribution is -2.54. The number of aliphatic hydroxyl groups is 1. The van der Waals surface area contributed by atoms with Gasteiger partial charge in [-0.3, -0.25) is 19.3 Å². The van der Waals surface area contributed by atoms with Crippen LogP contribution in [0, 0.1) is 11.8 Å². The number of ether oxygens (including phenoxy) is 2. The summed E-state index contributed by atoms with van der Waals surface area (Å²) in [6.07, 6.45) is 8.53. The van der Waals surface area contributed by atoms with Gasteiger partial charge in [0.05, 0.1) is 36.4 Å². The van der Waals surface area contributed by atoms with Gasteiger partial charge in [-0.2, -0.15) is 0 Å². The normalized spacial score (nSPS) is 32.5. The van der Waals surface area contributed by atoms with Crippen LogP contribution < -0.4 is 9.64 Å². The van der Waals surface area contributed by atoms with Gasteiger partial charge in [0.2, 0.25) is 17.7 Å². The average Bonchev–Trinajstić information content (AvgIpc) is 3.27. The largest absolute Gasteiger partial charge is 0.494 e. The maximum Gasteiger partial charge on any atom is 0.247 e. The standard InChI is InChI=1S/C32H42N4O6S/c1-3-42-24-9-7-23(8-10-24)35-14-4-11-31(2)25(28(35)38)26-29(39)36(15-6-20-37)27-30(40)34(13-5-12-32(26,27)43-31)17-16-33-18-21-41-22-19-33/h4-5,7-12,25-27,37H,3,6,13-22H2,1-2H3/t25-,26-,27?,31+,32-/m0/s1. The topological polar surface area (TPSA) is 103 Å². The Morgan fingerprint density at radius 2 is 1.70 bits per heavy atom. The van der Waals surface area contributed by atoms with E-state index in [0.717, 1.165) is 31.1 Å². The van der Waals surface area contributed by atoms with Crippen molar-refractivity contribution in [2.24, 2.45) is 11.8 Å². The van der Waals surface area contributed by atoms with E-state index < -0.39 is 27.4 Å². The molecule has 11 heteroatoms. The molecule has 3 amide bonds. The van der Waals surface area contributed by atoms with Crippen molar-refractivity contribution in [1.29, 1.82) is 0 Å². The Labute approximate surface area is 257 Å². The Morgan fingerprint density at radius 1 is 0.953 bits per heavy atom. The highest BCUT2D eigenvalue weighted by atomic mass is 32.2. The number of thioether (sulfide) groups is 1. The molecule has 0 radical (unpaired) electrons.